The van der Waals surface area contributed by atoms with Gasteiger partial charge in [0.05, 0.1) is 16.1 Å². The Labute approximate surface area is 191 Å². The van der Waals surface area contributed by atoms with E-state index in [0.717, 1.165) is 0 Å². The number of rotatable bonds is 1. The number of esters is 1. The molecular formula is C25H13ClO7. The molecule has 0 amide bonds. The van der Waals surface area contributed by atoms with Crippen LogP contribution in [0.1, 0.15) is 37.4 Å². The summed E-state index contributed by atoms with van der Waals surface area (Å²) in [6.07, 6.45) is 0. The Morgan fingerprint density at radius 2 is 1.76 bits per heavy atom. The van der Waals surface area contributed by atoms with Crippen LogP contribution in [0.3, 0.4) is 0 Å². The molecule has 6 rings (SSSR count). The number of carbonyl (C=O) groups excluding carboxylic acids is 1. The van der Waals surface area contributed by atoms with Crippen LogP contribution in [0.25, 0.3) is 10.8 Å². The number of ether oxygens (including phenoxy) is 2. The highest BCUT2D eigenvalue weighted by molar-refractivity contribution is 6.32. The van der Waals surface area contributed by atoms with Crippen LogP contribution in [0.4, 0.5) is 0 Å². The van der Waals surface area contributed by atoms with E-state index in [0.29, 0.717) is 33.2 Å². The van der Waals surface area contributed by atoms with Crippen molar-refractivity contribution in [1.82, 2.24) is 0 Å². The van der Waals surface area contributed by atoms with E-state index in [1.807, 2.05) is 0 Å². The lowest BCUT2D eigenvalue weighted by Gasteiger charge is -2.37. The van der Waals surface area contributed by atoms with Gasteiger partial charge in [0.25, 0.3) is 0 Å². The van der Waals surface area contributed by atoms with Crippen LogP contribution < -0.4 is 4.74 Å². The van der Waals surface area contributed by atoms with Crippen molar-refractivity contribution in [3.8, 4) is 23.0 Å². The summed E-state index contributed by atoms with van der Waals surface area (Å²) >= 11 is 6.22. The summed E-state index contributed by atoms with van der Waals surface area (Å²) in [5, 5.41) is 31.1. The fourth-order valence-electron chi connectivity index (χ4n) is 4.72. The predicted octanol–water partition coefficient (Wildman–Crippen LogP) is 5.17. The number of hydrogen-bond acceptors (Lipinski definition) is 6. The number of aromatic carboxylic acids is 1. The van der Waals surface area contributed by atoms with E-state index in [1.165, 1.54) is 24.3 Å². The molecule has 162 valence electrons. The highest BCUT2D eigenvalue weighted by Crippen LogP contribution is 2.59. The lowest BCUT2D eigenvalue weighted by molar-refractivity contribution is 0.0223. The molecule has 0 fully saturated rings. The number of fused-ring (bicyclic) bond motifs is 8. The Hall–Kier alpha value is -4.23. The average molecular weight is 461 g/mol. The van der Waals surface area contributed by atoms with Crippen molar-refractivity contribution in [1.29, 1.82) is 0 Å². The maximum atomic E-state index is 13.1. The molecular weight excluding hydrogens is 448 g/mol. The largest absolute Gasteiger partial charge is 0.508 e. The van der Waals surface area contributed by atoms with Gasteiger partial charge in [-0.1, -0.05) is 29.8 Å². The van der Waals surface area contributed by atoms with Crippen molar-refractivity contribution < 1.29 is 34.4 Å². The average Bonchev–Trinajstić information content (AvgIpc) is 3.08. The van der Waals surface area contributed by atoms with Gasteiger partial charge < -0.3 is 24.8 Å². The summed E-state index contributed by atoms with van der Waals surface area (Å²) < 4.78 is 12.2. The summed E-state index contributed by atoms with van der Waals surface area (Å²) in [6, 6.07) is 15.5. The number of hydrogen-bond donors (Lipinski definition) is 3. The van der Waals surface area contributed by atoms with Crippen molar-refractivity contribution in [2.75, 3.05) is 0 Å². The second-order valence-corrected chi connectivity index (χ2v) is 8.26. The van der Waals surface area contributed by atoms with E-state index in [4.69, 9.17) is 21.1 Å². The van der Waals surface area contributed by atoms with Gasteiger partial charge in [0.15, 0.2) is 5.60 Å². The topological polar surface area (TPSA) is 113 Å². The van der Waals surface area contributed by atoms with E-state index in [2.05, 4.69) is 0 Å². The van der Waals surface area contributed by atoms with Crippen LogP contribution >= 0.6 is 11.6 Å². The molecule has 2 heterocycles. The molecule has 3 N–H and O–H groups in total. The van der Waals surface area contributed by atoms with Crippen LogP contribution in [0.5, 0.6) is 23.0 Å². The van der Waals surface area contributed by atoms with Gasteiger partial charge in [0, 0.05) is 28.1 Å². The highest BCUT2D eigenvalue weighted by Gasteiger charge is 2.55. The second-order valence-electron chi connectivity index (χ2n) is 7.85. The Balaban J connectivity index is 1.78. The number of benzene rings is 4. The highest BCUT2D eigenvalue weighted by atomic mass is 35.5. The molecule has 1 atom stereocenters. The van der Waals surface area contributed by atoms with Crippen molar-refractivity contribution in [2.45, 2.75) is 5.60 Å². The van der Waals surface area contributed by atoms with Gasteiger partial charge in [-0.2, -0.15) is 0 Å². The lowest BCUT2D eigenvalue weighted by Crippen LogP contribution is -2.33. The van der Waals surface area contributed by atoms with Crippen molar-refractivity contribution in [3.63, 3.8) is 0 Å². The second kappa shape index (κ2) is 6.40. The zero-order valence-electron chi connectivity index (χ0n) is 16.6. The van der Waals surface area contributed by atoms with Crippen LogP contribution in [0, 0.1) is 0 Å². The van der Waals surface area contributed by atoms with Gasteiger partial charge in [-0.25, -0.2) is 9.59 Å². The molecule has 0 saturated carbocycles. The molecule has 33 heavy (non-hydrogen) atoms. The molecule has 0 aliphatic carbocycles. The van der Waals surface area contributed by atoms with E-state index in [1.54, 1.807) is 36.4 Å². The van der Waals surface area contributed by atoms with E-state index in [-0.39, 0.29) is 33.4 Å². The number of phenols is 2. The van der Waals surface area contributed by atoms with Crippen molar-refractivity contribution in [2.24, 2.45) is 0 Å². The minimum absolute atomic E-state index is 0.0183. The Bertz CT molecular complexity index is 1560. The fourth-order valence-corrected chi connectivity index (χ4v) is 4.89. The number of phenolic OH excluding ortho intramolecular Hbond substituents is 2. The minimum Gasteiger partial charge on any atom is -0.508 e. The number of carboxylic acid groups (broad SMARTS) is 1. The number of aromatic hydroxyl groups is 2. The molecule has 4 aromatic carbocycles. The molecule has 0 aromatic heterocycles. The third-order valence-corrected chi connectivity index (χ3v) is 6.40. The van der Waals surface area contributed by atoms with E-state index < -0.39 is 17.5 Å². The normalized spacial score (nSPS) is 17.8. The maximum absolute atomic E-state index is 13.1. The molecule has 1 unspecified atom stereocenters. The first-order valence-corrected chi connectivity index (χ1v) is 10.3. The van der Waals surface area contributed by atoms with Crippen LogP contribution in [-0.2, 0) is 10.3 Å². The van der Waals surface area contributed by atoms with Gasteiger partial charge in [-0.3, -0.25) is 0 Å². The maximum Gasteiger partial charge on any atom is 0.341 e. The summed E-state index contributed by atoms with van der Waals surface area (Å²) in [4.78, 5) is 25.0. The van der Waals surface area contributed by atoms with Gasteiger partial charge in [-0.05, 0) is 41.8 Å². The zero-order valence-corrected chi connectivity index (χ0v) is 17.4. The molecule has 1 spiro atoms. The Kier molecular flexibility index (Phi) is 3.77. The SMILES string of the molecule is O=C(O)c1cccc2c1C(=O)OC21c2cc(Cl)c(O)cc2Oc2c1ccc1cc(O)ccc21. The zero-order chi connectivity index (χ0) is 23.1. The first kappa shape index (κ1) is 19.5. The van der Waals surface area contributed by atoms with Crippen LogP contribution in [0.2, 0.25) is 5.02 Å². The molecule has 4 aromatic rings. The van der Waals surface area contributed by atoms with Crippen molar-refractivity contribution in [3.05, 3.63) is 93.5 Å². The Morgan fingerprint density at radius 3 is 2.55 bits per heavy atom. The van der Waals surface area contributed by atoms with E-state index in [9.17, 15) is 24.9 Å². The Morgan fingerprint density at radius 1 is 0.939 bits per heavy atom. The molecule has 2 aliphatic heterocycles. The summed E-state index contributed by atoms with van der Waals surface area (Å²) in [6.45, 7) is 0. The monoisotopic (exact) mass is 460 g/mol. The number of halogens is 1. The third kappa shape index (κ3) is 2.45. The van der Waals surface area contributed by atoms with Gasteiger partial charge in [0.1, 0.15) is 23.0 Å². The smallest absolute Gasteiger partial charge is 0.341 e. The van der Waals surface area contributed by atoms with Gasteiger partial charge in [-0.15, -0.1) is 0 Å². The van der Waals surface area contributed by atoms with Gasteiger partial charge in [0.2, 0.25) is 0 Å². The van der Waals surface area contributed by atoms with E-state index >= 15 is 0 Å². The molecule has 8 heteroatoms. The molecule has 0 radical (unpaired) electrons. The van der Waals surface area contributed by atoms with Crippen molar-refractivity contribution >= 4 is 34.3 Å². The van der Waals surface area contributed by atoms with Crippen LogP contribution in [0.15, 0.2) is 60.7 Å². The molecule has 2 aliphatic rings. The number of carbonyl (C=O) groups is 2. The summed E-state index contributed by atoms with van der Waals surface area (Å²) in [5.74, 6) is -1.66. The molecule has 0 bridgehead atoms. The first-order chi connectivity index (χ1) is 15.8. The van der Waals surface area contributed by atoms with Crippen LogP contribution in [-0.4, -0.2) is 27.3 Å². The molecule has 7 nitrogen and oxygen atoms in total. The third-order valence-electron chi connectivity index (χ3n) is 6.10. The summed E-state index contributed by atoms with van der Waals surface area (Å²) in [7, 11) is 0. The minimum atomic E-state index is -1.55. The number of carboxylic acids is 1. The standard InChI is InChI=1S/C25H13ClO7/c26-18-9-17-20(10-19(18)28)32-22-13-6-5-12(27)8-11(13)4-7-16(22)25(17)15-3-1-2-14(23(29)30)21(15)24(31)33-25/h1-10,27-28H,(H,29,30). The predicted molar refractivity (Wildman–Crippen MR) is 118 cm³/mol. The molecule has 0 saturated heterocycles. The summed E-state index contributed by atoms with van der Waals surface area (Å²) in [5.41, 5.74) is -0.642. The first-order valence-electron chi connectivity index (χ1n) is 9.88. The van der Waals surface area contributed by atoms with Gasteiger partial charge >= 0.3 is 11.9 Å². The quantitative estimate of drug-likeness (QED) is 0.336. The fraction of sp³-hybridized carbons (Fsp3) is 0.0400. The lowest BCUT2D eigenvalue weighted by atomic mass is 9.76.